The van der Waals surface area contributed by atoms with Gasteiger partial charge in [0.25, 0.3) is 5.95 Å². The zero-order valence-electron chi connectivity index (χ0n) is 12.3. The molecule has 21 heavy (non-hydrogen) atoms. The number of carbonyl (C=O) groups is 2. The van der Waals surface area contributed by atoms with Crippen molar-refractivity contribution in [3.63, 3.8) is 0 Å². The van der Waals surface area contributed by atoms with Crippen molar-refractivity contribution in [1.29, 1.82) is 0 Å². The zero-order valence-corrected chi connectivity index (χ0v) is 12.3. The Hall–Kier alpha value is -2.25. The Balaban J connectivity index is 2.01. The third-order valence-corrected chi connectivity index (χ3v) is 4.07. The van der Waals surface area contributed by atoms with Gasteiger partial charge in [-0.15, -0.1) is 5.10 Å². The molecule has 3 N–H and O–H groups in total. The van der Waals surface area contributed by atoms with Crippen molar-refractivity contribution in [3.05, 3.63) is 11.4 Å². The largest absolute Gasteiger partial charge is 0.481 e. The number of carboxylic acid groups (broad SMARTS) is 1. The molecular formula is C13H19N5O3. The van der Waals surface area contributed by atoms with Gasteiger partial charge in [0.2, 0.25) is 0 Å². The lowest BCUT2D eigenvalue weighted by atomic mass is 9.85. The van der Waals surface area contributed by atoms with Crippen LogP contribution in [0.15, 0.2) is 0 Å². The predicted octanol–water partition coefficient (Wildman–Crippen LogP) is 1.25. The smallest absolute Gasteiger partial charge is 0.321 e. The lowest BCUT2D eigenvalue weighted by Gasteiger charge is -2.27. The Kier molecular flexibility index (Phi) is 4.06. The number of urea groups is 1. The minimum absolute atomic E-state index is 0.102. The molecule has 114 valence electrons. The van der Waals surface area contributed by atoms with Crippen molar-refractivity contribution in [2.45, 2.75) is 46.1 Å². The maximum atomic E-state index is 12.0. The summed E-state index contributed by atoms with van der Waals surface area (Å²) >= 11 is 0. The molecule has 8 nitrogen and oxygen atoms in total. The third kappa shape index (κ3) is 3.09. The molecule has 0 radical (unpaired) electrons. The van der Waals surface area contributed by atoms with Crippen LogP contribution in [-0.2, 0) is 4.79 Å². The third-order valence-electron chi connectivity index (χ3n) is 4.07. The van der Waals surface area contributed by atoms with Crippen molar-refractivity contribution in [1.82, 2.24) is 20.5 Å². The highest BCUT2D eigenvalue weighted by Gasteiger charge is 2.45. The van der Waals surface area contributed by atoms with E-state index in [1.54, 1.807) is 20.8 Å². The summed E-state index contributed by atoms with van der Waals surface area (Å²) in [4.78, 5) is 27.4. The van der Waals surface area contributed by atoms with Crippen LogP contribution in [0, 0.1) is 19.3 Å². The van der Waals surface area contributed by atoms with Crippen LogP contribution in [0.25, 0.3) is 0 Å². The van der Waals surface area contributed by atoms with Crippen LogP contribution in [0.3, 0.4) is 0 Å². The van der Waals surface area contributed by atoms with Gasteiger partial charge in [-0.25, -0.2) is 9.78 Å². The van der Waals surface area contributed by atoms with Gasteiger partial charge in [-0.3, -0.25) is 10.1 Å². The van der Waals surface area contributed by atoms with E-state index in [4.69, 9.17) is 0 Å². The number of rotatable bonds is 3. The minimum Gasteiger partial charge on any atom is -0.481 e. The van der Waals surface area contributed by atoms with E-state index in [9.17, 15) is 14.7 Å². The number of anilines is 1. The lowest BCUT2D eigenvalue weighted by Crippen LogP contribution is -2.48. The molecule has 0 spiro atoms. The normalized spacial score (nSPS) is 24.6. The number of hydrogen-bond acceptors (Lipinski definition) is 5. The standard InChI is InChI=1S/C13H19N5O3/c1-7-8(2)17-18-11(14-7)16-12(21)15-9-5-4-6-13(9,3)10(19)20/h9H,4-6H2,1-3H3,(H,19,20)(H2,14,15,16,18,21). The van der Waals surface area contributed by atoms with E-state index in [-0.39, 0.29) is 5.95 Å². The average Bonchev–Trinajstić information content (AvgIpc) is 2.77. The van der Waals surface area contributed by atoms with Gasteiger partial charge < -0.3 is 10.4 Å². The van der Waals surface area contributed by atoms with Crippen LogP contribution < -0.4 is 10.6 Å². The highest BCUT2D eigenvalue weighted by atomic mass is 16.4. The van der Waals surface area contributed by atoms with Gasteiger partial charge in [0.15, 0.2) is 0 Å². The van der Waals surface area contributed by atoms with Gasteiger partial charge in [0.1, 0.15) is 0 Å². The summed E-state index contributed by atoms with van der Waals surface area (Å²) in [5, 5.41) is 22.1. The summed E-state index contributed by atoms with van der Waals surface area (Å²) in [6.45, 7) is 5.20. The van der Waals surface area contributed by atoms with E-state index in [0.29, 0.717) is 24.2 Å². The van der Waals surface area contributed by atoms with Gasteiger partial charge >= 0.3 is 12.0 Å². The molecule has 1 fully saturated rings. The summed E-state index contributed by atoms with van der Waals surface area (Å²) in [6.07, 6.45) is 1.96. The Labute approximate surface area is 122 Å². The molecule has 1 aliphatic rings. The maximum Gasteiger partial charge on any atom is 0.321 e. The van der Waals surface area contributed by atoms with Crippen molar-refractivity contribution in [3.8, 4) is 0 Å². The number of aromatic nitrogens is 3. The number of hydrogen-bond donors (Lipinski definition) is 3. The molecule has 0 aromatic carbocycles. The molecule has 2 rings (SSSR count). The second-order valence-electron chi connectivity index (χ2n) is 5.57. The van der Waals surface area contributed by atoms with Crippen LogP contribution in [0.2, 0.25) is 0 Å². The van der Waals surface area contributed by atoms with E-state index in [2.05, 4.69) is 25.8 Å². The van der Waals surface area contributed by atoms with E-state index in [1.807, 2.05) is 0 Å². The molecule has 2 unspecified atom stereocenters. The fourth-order valence-electron chi connectivity index (χ4n) is 2.46. The van der Waals surface area contributed by atoms with Gasteiger partial charge in [0, 0.05) is 6.04 Å². The van der Waals surface area contributed by atoms with Gasteiger partial charge in [-0.1, -0.05) is 6.42 Å². The monoisotopic (exact) mass is 293 g/mol. The molecule has 0 saturated heterocycles. The second kappa shape index (κ2) is 5.63. The van der Waals surface area contributed by atoms with Crippen LogP contribution in [-0.4, -0.2) is 38.3 Å². The van der Waals surface area contributed by atoms with Crippen molar-refractivity contribution in [2.24, 2.45) is 5.41 Å². The highest BCUT2D eigenvalue weighted by Crippen LogP contribution is 2.38. The van der Waals surface area contributed by atoms with Crippen molar-refractivity contribution < 1.29 is 14.7 Å². The summed E-state index contributed by atoms with van der Waals surface area (Å²) < 4.78 is 0. The number of carbonyl (C=O) groups excluding carboxylic acids is 1. The molecule has 1 saturated carbocycles. The molecule has 1 aliphatic carbocycles. The van der Waals surface area contributed by atoms with Crippen LogP contribution in [0.5, 0.6) is 0 Å². The van der Waals surface area contributed by atoms with Crippen LogP contribution >= 0.6 is 0 Å². The number of aliphatic carboxylic acids is 1. The highest BCUT2D eigenvalue weighted by molar-refractivity contribution is 5.88. The molecule has 0 bridgehead atoms. The minimum atomic E-state index is -0.931. The average molecular weight is 293 g/mol. The first-order chi connectivity index (χ1) is 9.83. The van der Waals surface area contributed by atoms with E-state index in [0.717, 1.165) is 6.42 Å². The Bertz CT molecular complexity index is 577. The molecule has 2 amide bonds. The van der Waals surface area contributed by atoms with Crippen molar-refractivity contribution >= 4 is 17.9 Å². The van der Waals surface area contributed by atoms with E-state index >= 15 is 0 Å². The number of amides is 2. The predicted molar refractivity (Wildman–Crippen MR) is 74.8 cm³/mol. The summed E-state index contributed by atoms with van der Waals surface area (Å²) in [6, 6.07) is -0.922. The SMILES string of the molecule is Cc1nnc(NC(=O)NC2CCCC2(C)C(=O)O)nc1C. The molecule has 2 atom stereocenters. The molecular weight excluding hydrogens is 274 g/mol. The zero-order chi connectivity index (χ0) is 15.6. The number of carboxylic acids is 1. The van der Waals surface area contributed by atoms with Gasteiger partial charge in [0.05, 0.1) is 16.8 Å². The Morgan fingerprint density at radius 3 is 2.62 bits per heavy atom. The maximum absolute atomic E-state index is 12.0. The Morgan fingerprint density at radius 1 is 1.29 bits per heavy atom. The first kappa shape index (κ1) is 15.1. The van der Waals surface area contributed by atoms with E-state index in [1.165, 1.54) is 0 Å². The van der Waals surface area contributed by atoms with Crippen LogP contribution in [0.4, 0.5) is 10.7 Å². The van der Waals surface area contributed by atoms with Crippen LogP contribution in [0.1, 0.15) is 37.6 Å². The fourth-order valence-corrected chi connectivity index (χ4v) is 2.46. The van der Waals surface area contributed by atoms with Gasteiger partial charge in [-0.2, -0.15) is 5.10 Å². The summed E-state index contributed by atoms with van der Waals surface area (Å²) in [5.74, 6) is -0.792. The first-order valence-electron chi connectivity index (χ1n) is 6.82. The van der Waals surface area contributed by atoms with Gasteiger partial charge in [-0.05, 0) is 33.6 Å². The quantitative estimate of drug-likeness (QED) is 0.772. The van der Waals surface area contributed by atoms with E-state index < -0.39 is 23.5 Å². The summed E-state index contributed by atoms with van der Waals surface area (Å²) in [7, 11) is 0. The Morgan fingerprint density at radius 2 is 2.00 bits per heavy atom. The summed E-state index contributed by atoms with van der Waals surface area (Å²) in [5.41, 5.74) is 0.436. The molecule has 8 heteroatoms. The topological polar surface area (TPSA) is 117 Å². The number of aryl methyl sites for hydroxylation is 2. The first-order valence-corrected chi connectivity index (χ1v) is 6.82. The number of nitrogens with zero attached hydrogens (tertiary/aromatic N) is 3. The number of nitrogens with one attached hydrogen (secondary N) is 2. The molecule has 1 aromatic heterocycles. The molecule has 1 aromatic rings. The molecule has 1 heterocycles. The fraction of sp³-hybridized carbons (Fsp3) is 0.615. The van der Waals surface area contributed by atoms with Crippen molar-refractivity contribution in [2.75, 3.05) is 5.32 Å². The lowest BCUT2D eigenvalue weighted by molar-refractivity contribution is -0.148. The molecule has 0 aliphatic heterocycles. The second-order valence-corrected chi connectivity index (χ2v) is 5.57.